The number of aryl methyl sites for hydroxylation is 1. The SMILES string of the molecule is Cc1cc(F)ccc1C[C@@H](C)O. The van der Waals surface area contributed by atoms with Crippen molar-refractivity contribution in [2.75, 3.05) is 0 Å². The lowest BCUT2D eigenvalue weighted by molar-refractivity contribution is 0.195. The lowest BCUT2D eigenvalue weighted by Gasteiger charge is -2.07. The quantitative estimate of drug-likeness (QED) is 0.716. The van der Waals surface area contributed by atoms with E-state index in [1.807, 2.05) is 6.92 Å². The Labute approximate surface area is 71.9 Å². The van der Waals surface area contributed by atoms with Crippen LogP contribution in [0.1, 0.15) is 18.1 Å². The lowest BCUT2D eigenvalue weighted by Crippen LogP contribution is -2.05. The van der Waals surface area contributed by atoms with Crippen molar-refractivity contribution >= 4 is 0 Å². The molecule has 0 aliphatic carbocycles. The molecule has 1 atom stereocenters. The highest BCUT2D eigenvalue weighted by Gasteiger charge is 2.02. The van der Waals surface area contributed by atoms with E-state index in [0.29, 0.717) is 6.42 Å². The number of rotatable bonds is 2. The summed E-state index contributed by atoms with van der Waals surface area (Å²) in [6.45, 7) is 3.57. The van der Waals surface area contributed by atoms with Gasteiger partial charge >= 0.3 is 0 Å². The van der Waals surface area contributed by atoms with Crippen LogP contribution in [0.3, 0.4) is 0 Å². The van der Waals surface area contributed by atoms with Gasteiger partial charge in [0.1, 0.15) is 5.82 Å². The summed E-state index contributed by atoms with van der Waals surface area (Å²) in [5, 5.41) is 9.11. The van der Waals surface area contributed by atoms with Gasteiger partial charge in [-0.3, -0.25) is 0 Å². The smallest absolute Gasteiger partial charge is 0.123 e. The van der Waals surface area contributed by atoms with E-state index in [1.54, 1.807) is 13.0 Å². The van der Waals surface area contributed by atoms with Crippen LogP contribution in [0, 0.1) is 12.7 Å². The fourth-order valence-corrected chi connectivity index (χ4v) is 1.21. The Morgan fingerprint density at radius 1 is 1.50 bits per heavy atom. The average Bonchev–Trinajstić information content (AvgIpc) is 1.94. The predicted molar refractivity (Wildman–Crippen MR) is 46.5 cm³/mol. The van der Waals surface area contributed by atoms with Gasteiger partial charge in [-0.1, -0.05) is 6.07 Å². The summed E-state index contributed by atoms with van der Waals surface area (Å²) in [7, 11) is 0. The minimum Gasteiger partial charge on any atom is -0.393 e. The van der Waals surface area contributed by atoms with Crippen molar-refractivity contribution in [3.8, 4) is 0 Å². The molecule has 1 aromatic rings. The third kappa shape index (κ3) is 2.31. The molecule has 0 aliphatic heterocycles. The maximum Gasteiger partial charge on any atom is 0.123 e. The maximum atomic E-state index is 12.6. The van der Waals surface area contributed by atoms with Gasteiger partial charge in [0.15, 0.2) is 0 Å². The van der Waals surface area contributed by atoms with Crippen molar-refractivity contribution in [2.45, 2.75) is 26.4 Å². The van der Waals surface area contributed by atoms with E-state index in [2.05, 4.69) is 0 Å². The Bertz CT molecular complexity index is 269. The van der Waals surface area contributed by atoms with Gasteiger partial charge in [-0.05, 0) is 43.5 Å². The molecule has 0 saturated heterocycles. The zero-order valence-corrected chi connectivity index (χ0v) is 7.34. The molecule has 1 nitrogen and oxygen atoms in total. The highest BCUT2D eigenvalue weighted by atomic mass is 19.1. The lowest BCUT2D eigenvalue weighted by atomic mass is 10.0. The van der Waals surface area contributed by atoms with Crippen LogP contribution in [0.15, 0.2) is 18.2 Å². The topological polar surface area (TPSA) is 20.2 Å². The Morgan fingerprint density at radius 2 is 2.17 bits per heavy atom. The van der Waals surface area contributed by atoms with Gasteiger partial charge in [0.05, 0.1) is 6.10 Å². The van der Waals surface area contributed by atoms with Crippen LogP contribution in [0.5, 0.6) is 0 Å². The molecule has 0 saturated carbocycles. The third-order valence-electron chi connectivity index (χ3n) is 1.82. The number of aliphatic hydroxyl groups is 1. The van der Waals surface area contributed by atoms with Gasteiger partial charge in [-0.15, -0.1) is 0 Å². The van der Waals surface area contributed by atoms with Crippen molar-refractivity contribution in [1.82, 2.24) is 0 Å². The second kappa shape index (κ2) is 3.68. The number of aliphatic hydroxyl groups excluding tert-OH is 1. The molecule has 66 valence electrons. The molecule has 0 heterocycles. The van der Waals surface area contributed by atoms with Crippen molar-refractivity contribution < 1.29 is 9.50 Å². The molecule has 0 aliphatic rings. The Balaban J connectivity index is 2.86. The maximum absolute atomic E-state index is 12.6. The van der Waals surface area contributed by atoms with E-state index in [4.69, 9.17) is 5.11 Å². The summed E-state index contributed by atoms with van der Waals surface area (Å²) in [6, 6.07) is 4.62. The van der Waals surface area contributed by atoms with E-state index >= 15 is 0 Å². The number of hydrogen-bond donors (Lipinski definition) is 1. The van der Waals surface area contributed by atoms with Crippen LogP contribution in [-0.4, -0.2) is 11.2 Å². The van der Waals surface area contributed by atoms with Crippen molar-refractivity contribution in [3.05, 3.63) is 35.1 Å². The van der Waals surface area contributed by atoms with Crippen LogP contribution in [0.2, 0.25) is 0 Å². The van der Waals surface area contributed by atoms with Crippen molar-refractivity contribution in [1.29, 1.82) is 0 Å². The third-order valence-corrected chi connectivity index (χ3v) is 1.82. The first-order valence-electron chi connectivity index (χ1n) is 4.02. The van der Waals surface area contributed by atoms with Gasteiger partial charge < -0.3 is 5.11 Å². The second-order valence-electron chi connectivity index (χ2n) is 3.12. The van der Waals surface area contributed by atoms with E-state index in [-0.39, 0.29) is 11.9 Å². The van der Waals surface area contributed by atoms with Gasteiger partial charge in [-0.2, -0.15) is 0 Å². The molecule has 1 rings (SSSR count). The fourth-order valence-electron chi connectivity index (χ4n) is 1.21. The van der Waals surface area contributed by atoms with Crippen LogP contribution in [0.4, 0.5) is 4.39 Å². The van der Waals surface area contributed by atoms with Gasteiger partial charge in [-0.25, -0.2) is 4.39 Å². The highest BCUT2D eigenvalue weighted by Crippen LogP contribution is 2.11. The molecular formula is C10H13FO. The molecule has 12 heavy (non-hydrogen) atoms. The normalized spacial score (nSPS) is 13.0. The van der Waals surface area contributed by atoms with Crippen LogP contribution in [0.25, 0.3) is 0 Å². The summed E-state index contributed by atoms with van der Waals surface area (Å²) < 4.78 is 12.6. The van der Waals surface area contributed by atoms with Crippen LogP contribution < -0.4 is 0 Å². The van der Waals surface area contributed by atoms with Crippen LogP contribution in [-0.2, 0) is 6.42 Å². The summed E-state index contributed by atoms with van der Waals surface area (Å²) in [5.41, 5.74) is 1.90. The molecular weight excluding hydrogens is 155 g/mol. The summed E-state index contributed by atoms with van der Waals surface area (Å²) in [5.74, 6) is -0.221. The summed E-state index contributed by atoms with van der Waals surface area (Å²) in [4.78, 5) is 0. The largest absolute Gasteiger partial charge is 0.393 e. The number of hydrogen-bond acceptors (Lipinski definition) is 1. The number of halogens is 1. The minimum atomic E-state index is -0.367. The van der Waals surface area contributed by atoms with E-state index in [1.165, 1.54) is 12.1 Å². The van der Waals surface area contributed by atoms with Gasteiger partial charge in [0.25, 0.3) is 0 Å². The average molecular weight is 168 g/mol. The Hall–Kier alpha value is -0.890. The molecule has 2 heteroatoms. The first-order chi connectivity index (χ1) is 5.59. The first kappa shape index (κ1) is 9.20. The van der Waals surface area contributed by atoms with Gasteiger partial charge in [0, 0.05) is 0 Å². The fraction of sp³-hybridized carbons (Fsp3) is 0.400. The minimum absolute atomic E-state index is 0.221. The monoisotopic (exact) mass is 168 g/mol. The van der Waals surface area contributed by atoms with Crippen molar-refractivity contribution in [2.24, 2.45) is 0 Å². The molecule has 0 aromatic heterocycles. The molecule has 0 spiro atoms. The summed E-state index contributed by atoms with van der Waals surface area (Å²) in [6.07, 6.45) is 0.223. The Morgan fingerprint density at radius 3 is 2.67 bits per heavy atom. The zero-order valence-electron chi connectivity index (χ0n) is 7.34. The number of benzene rings is 1. The van der Waals surface area contributed by atoms with Crippen LogP contribution >= 0.6 is 0 Å². The molecule has 0 radical (unpaired) electrons. The standard InChI is InChI=1S/C10H13FO/c1-7-5-10(11)4-3-9(7)6-8(2)12/h3-5,8,12H,6H2,1-2H3/t8-/m1/s1. The highest BCUT2D eigenvalue weighted by molar-refractivity contribution is 5.26. The van der Waals surface area contributed by atoms with Gasteiger partial charge in [0.2, 0.25) is 0 Å². The molecule has 0 unspecified atom stereocenters. The first-order valence-corrected chi connectivity index (χ1v) is 4.02. The van der Waals surface area contributed by atoms with Crippen molar-refractivity contribution in [3.63, 3.8) is 0 Å². The summed E-state index contributed by atoms with van der Waals surface area (Å²) >= 11 is 0. The molecule has 1 aromatic carbocycles. The molecule has 0 bridgehead atoms. The second-order valence-corrected chi connectivity index (χ2v) is 3.12. The molecule has 0 fully saturated rings. The predicted octanol–water partition coefficient (Wildman–Crippen LogP) is 2.06. The van der Waals surface area contributed by atoms with E-state index in [0.717, 1.165) is 11.1 Å². The zero-order chi connectivity index (χ0) is 9.14. The van der Waals surface area contributed by atoms with E-state index in [9.17, 15) is 4.39 Å². The molecule has 1 N–H and O–H groups in total. The van der Waals surface area contributed by atoms with E-state index < -0.39 is 0 Å². The Kier molecular flexibility index (Phi) is 2.82. The molecule has 0 amide bonds.